The first-order valence-corrected chi connectivity index (χ1v) is 6.39. The minimum absolute atomic E-state index is 0.0325. The number of hydrogen-bond donors (Lipinski definition) is 2. The molecule has 0 aliphatic heterocycles. The summed E-state index contributed by atoms with van der Waals surface area (Å²) in [7, 11) is 0. The molecule has 0 radical (unpaired) electrons. The van der Waals surface area contributed by atoms with Crippen LogP contribution in [0.5, 0.6) is 0 Å². The van der Waals surface area contributed by atoms with E-state index in [4.69, 9.17) is 10.8 Å². The first-order chi connectivity index (χ1) is 9.93. The normalized spacial score (nSPS) is 10.6. The standard InChI is InChI=1S/C14H15N5O2/c1-8(2)19-14(16)11(6-15)13(18-19)9-3-4-10(17-7-9)5-12(20)21/h3-4,7-8H,5,16H2,1-2H3,(H,20,21). The monoisotopic (exact) mass is 285 g/mol. The fourth-order valence-corrected chi connectivity index (χ4v) is 1.98. The van der Waals surface area contributed by atoms with Crippen molar-refractivity contribution in [1.29, 1.82) is 5.26 Å². The number of nitrogens with two attached hydrogens (primary N) is 1. The zero-order valence-corrected chi connectivity index (χ0v) is 11.7. The first kappa shape index (κ1) is 14.5. The number of aliphatic carboxylic acids is 1. The van der Waals surface area contributed by atoms with Gasteiger partial charge < -0.3 is 10.8 Å². The summed E-state index contributed by atoms with van der Waals surface area (Å²) in [4.78, 5) is 14.7. The Labute approximate surface area is 121 Å². The average molecular weight is 285 g/mol. The van der Waals surface area contributed by atoms with Crippen molar-refractivity contribution >= 4 is 11.8 Å². The summed E-state index contributed by atoms with van der Waals surface area (Å²) >= 11 is 0. The molecule has 0 aliphatic carbocycles. The van der Waals surface area contributed by atoms with Crippen molar-refractivity contribution in [3.8, 4) is 17.3 Å². The maximum absolute atomic E-state index is 10.6. The molecule has 0 spiro atoms. The summed E-state index contributed by atoms with van der Waals surface area (Å²) in [5, 5.41) is 22.3. The van der Waals surface area contributed by atoms with E-state index in [0.29, 0.717) is 28.3 Å². The van der Waals surface area contributed by atoms with Crippen molar-refractivity contribution in [3.63, 3.8) is 0 Å². The van der Waals surface area contributed by atoms with Crippen LogP contribution in [0.15, 0.2) is 18.3 Å². The third-order valence-electron chi connectivity index (χ3n) is 2.98. The van der Waals surface area contributed by atoms with Gasteiger partial charge in [-0.05, 0) is 26.0 Å². The largest absolute Gasteiger partial charge is 0.481 e. The van der Waals surface area contributed by atoms with Crippen LogP contribution in [0.25, 0.3) is 11.3 Å². The van der Waals surface area contributed by atoms with Crippen molar-refractivity contribution in [3.05, 3.63) is 29.6 Å². The van der Waals surface area contributed by atoms with Gasteiger partial charge in [-0.1, -0.05) is 0 Å². The van der Waals surface area contributed by atoms with Gasteiger partial charge in [-0.25, -0.2) is 4.68 Å². The molecular weight excluding hydrogens is 270 g/mol. The molecule has 0 aromatic carbocycles. The highest BCUT2D eigenvalue weighted by atomic mass is 16.4. The highest BCUT2D eigenvalue weighted by Gasteiger charge is 2.18. The van der Waals surface area contributed by atoms with Crippen molar-refractivity contribution in [2.75, 3.05) is 5.73 Å². The Morgan fingerprint density at radius 2 is 2.24 bits per heavy atom. The van der Waals surface area contributed by atoms with E-state index < -0.39 is 5.97 Å². The Hall–Kier alpha value is -2.88. The van der Waals surface area contributed by atoms with Gasteiger partial charge >= 0.3 is 5.97 Å². The van der Waals surface area contributed by atoms with Crippen LogP contribution in [0.4, 0.5) is 5.82 Å². The second-order valence-corrected chi connectivity index (χ2v) is 4.87. The summed E-state index contributed by atoms with van der Waals surface area (Å²) in [6.45, 7) is 3.84. The Balaban J connectivity index is 2.45. The summed E-state index contributed by atoms with van der Waals surface area (Å²) in [5.74, 6) is -0.626. The van der Waals surface area contributed by atoms with Crippen LogP contribution in [0.3, 0.4) is 0 Å². The van der Waals surface area contributed by atoms with Gasteiger partial charge in [0.2, 0.25) is 0 Å². The number of carboxylic acids is 1. The third-order valence-corrected chi connectivity index (χ3v) is 2.98. The van der Waals surface area contributed by atoms with Crippen molar-refractivity contribution in [1.82, 2.24) is 14.8 Å². The number of carboxylic acid groups (broad SMARTS) is 1. The molecule has 0 saturated heterocycles. The second-order valence-electron chi connectivity index (χ2n) is 4.87. The fourth-order valence-electron chi connectivity index (χ4n) is 1.98. The van der Waals surface area contributed by atoms with Crippen LogP contribution in [-0.4, -0.2) is 25.8 Å². The molecular formula is C14H15N5O2. The number of nitrogen functional groups attached to an aromatic ring is 1. The maximum atomic E-state index is 10.6. The number of anilines is 1. The molecule has 0 saturated carbocycles. The SMILES string of the molecule is CC(C)n1nc(-c2ccc(CC(=O)O)nc2)c(C#N)c1N. The van der Waals surface area contributed by atoms with Gasteiger partial charge in [-0.3, -0.25) is 9.78 Å². The molecule has 0 bridgehead atoms. The molecule has 0 atom stereocenters. The molecule has 7 heteroatoms. The lowest BCUT2D eigenvalue weighted by Gasteiger charge is -2.06. The molecule has 0 aliphatic rings. The Morgan fingerprint density at radius 3 is 2.71 bits per heavy atom. The predicted molar refractivity (Wildman–Crippen MR) is 76.3 cm³/mol. The van der Waals surface area contributed by atoms with Crippen LogP contribution in [0.1, 0.15) is 31.1 Å². The van der Waals surface area contributed by atoms with E-state index in [1.54, 1.807) is 16.8 Å². The summed E-state index contributed by atoms with van der Waals surface area (Å²) in [6.07, 6.45) is 1.36. The van der Waals surface area contributed by atoms with Gasteiger partial charge in [0.15, 0.2) is 0 Å². The molecule has 21 heavy (non-hydrogen) atoms. The predicted octanol–water partition coefficient (Wildman–Crippen LogP) is 1.61. The highest BCUT2D eigenvalue weighted by molar-refractivity contribution is 5.73. The van der Waals surface area contributed by atoms with E-state index >= 15 is 0 Å². The van der Waals surface area contributed by atoms with Crippen molar-refractivity contribution in [2.45, 2.75) is 26.3 Å². The van der Waals surface area contributed by atoms with E-state index in [1.165, 1.54) is 6.20 Å². The van der Waals surface area contributed by atoms with E-state index in [2.05, 4.69) is 16.2 Å². The number of rotatable bonds is 4. The maximum Gasteiger partial charge on any atom is 0.309 e. The quantitative estimate of drug-likeness (QED) is 0.881. The number of hydrogen-bond acceptors (Lipinski definition) is 5. The number of aromatic nitrogens is 3. The van der Waals surface area contributed by atoms with Gasteiger partial charge in [-0.2, -0.15) is 10.4 Å². The molecule has 2 rings (SSSR count). The number of nitriles is 1. The van der Waals surface area contributed by atoms with Crippen molar-refractivity contribution < 1.29 is 9.90 Å². The summed E-state index contributed by atoms with van der Waals surface area (Å²) in [5.41, 5.74) is 7.76. The second kappa shape index (κ2) is 5.63. The summed E-state index contributed by atoms with van der Waals surface area (Å²) < 4.78 is 1.58. The Kier molecular flexibility index (Phi) is 3.89. The third kappa shape index (κ3) is 2.84. The first-order valence-electron chi connectivity index (χ1n) is 6.39. The van der Waals surface area contributed by atoms with Gasteiger partial charge in [0.25, 0.3) is 0 Å². The molecule has 2 heterocycles. The van der Waals surface area contributed by atoms with E-state index in [1.807, 2.05) is 13.8 Å². The Morgan fingerprint density at radius 1 is 1.52 bits per heavy atom. The average Bonchev–Trinajstić information content (AvgIpc) is 2.76. The van der Waals surface area contributed by atoms with Gasteiger partial charge in [0.05, 0.1) is 12.1 Å². The lowest BCUT2D eigenvalue weighted by atomic mass is 10.1. The van der Waals surface area contributed by atoms with Gasteiger partial charge in [0.1, 0.15) is 23.1 Å². The van der Waals surface area contributed by atoms with Crippen LogP contribution < -0.4 is 5.73 Å². The minimum Gasteiger partial charge on any atom is -0.481 e. The highest BCUT2D eigenvalue weighted by Crippen LogP contribution is 2.28. The minimum atomic E-state index is -0.943. The smallest absolute Gasteiger partial charge is 0.309 e. The Bertz CT molecular complexity index is 710. The molecule has 0 amide bonds. The zero-order chi connectivity index (χ0) is 15.6. The van der Waals surface area contributed by atoms with Crippen LogP contribution >= 0.6 is 0 Å². The molecule has 3 N–H and O–H groups in total. The van der Waals surface area contributed by atoms with E-state index in [9.17, 15) is 10.1 Å². The van der Waals surface area contributed by atoms with E-state index in [0.717, 1.165) is 0 Å². The molecule has 2 aromatic heterocycles. The number of nitrogens with zero attached hydrogens (tertiary/aromatic N) is 4. The van der Waals surface area contributed by atoms with Crippen molar-refractivity contribution in [2.24, 2.45) is 0 Å². The van der Waals surface area contributed by atoms with Crippen LogP contribution in [0, 0.1) is 11.3 Å². The molecule has 7 nitrogen and oxygen atoms in total. The molecule has 2 aromatic rings. The number of pyridine rings is 1. The van der Waals surface area contributed by atoms with E-state index in [-0.39, 0.29) is 12.5 Å². The topological polar surface area (TPSA) is 118 Å². The molecule has 0 unspecified atom stereocenters. The van der Waals surface area contributed by atoms with Crippen LogP contribution in [-0.2, 0) is 11.2 Å². The fraction of sp³-hybridized carbons (Fsp3) is 0.286. The van der Waals surface area contributed by atoms with Gasteiger partial charge in [0, 0.05) is 17.8 Å². The van der Waals surface area contributed by atoms with Gasteiger partial charge in [-0.15, -0.1) is 0 Å². The summed E-state index contributed by atoms with van der Waals surface area (Å²) in [6, 6.07) is 5.39. The molecule has 0 fully saturated rings. The number of carbonyl (C=O) groups is 1. The lowest BCUT2D eigenvalue weighted by molar-refractivity contribution is -0.136. The zero-order valence-electron chi connectivity index (χ0n) is 11.7. The molecule has 108 valence electrons. The van der Waals surface area contributed by atoms with Crippen LogP contribution in [0.2, 0.25) is 0 Å². The lowest BCUT2D eigenvalue weighted by Crippen LogP contribution is -2.07.